The second-order valence-electron chi connectivity index (χ2n) is 4.81. The fourth-order valence-corrected chi connectivity index (χ4v) is 1.87. The smallest absolute Gasteiger partial charge is 0.306 e. The van der Waals surface area contributed by atoms with Crippen molar-refractivity contribution in [1.82, 2.24) is 14.7 Å². The van der Waals surface area contributed by atoms with Crippen molar-refractivity contribution < 1.29 is 14.7 Å². The van der Waals surface area contributed by atoms with Gasteiger partial charge in [0.25, 0.3) is 5.91 Å². The van der Waals surface area contributed by atoms with Crippen molar-refractivity contribution in [1.29, 1.82) is 0 Å². The average Bonchev–Trinajstić information content (AvgIpc) is 2.84. The second-order valence-corrected chi connectivity index (χ2v) is 4.81. The number of aromatic nitrogens is 2. The molecular weight excluding hydrogens is 258 g/mol. The minimum absolute atomic E-state index is 0.286. The van der Waals surface area contributed by atoms with Crippen LogP contribution in [0.3, 0.4) is 0 Å². The molecule has 0 aromatic carbocycles. The van der Waals surface area contributed by atoms with Gasteiger partial charge in [0.15, 0.2) is 0 Å². The van der Waals surface area contributed by atoms with Crippen LogP contribution in [0.25, 0.3) is 5.65 Å². The molecular formula is C14H17N3O3. The van der Waals surface area contributed by atoms with E-state index in [4.69, 9.17) is 5.11 Å². The van der Waals surface area contributed by atoms with E-state index in [-0.39, 0.29) is 5.91 Å². The van der Waals surface area contributed by atoms with Crippen LogP contribution in [0.15, 0.2) is 24.4 Å². The van der Waals surface area contributed by atoms with Crippen molar-refractivity contribution >= 4 is 17.5 Å². The monoisotopic (exact) mass is 275 g/mol. The lowest BCUT2D eigenvalue weighted by atomic mass is 10.1. The number of carboxylic acid groups (broad SMARTS) is 1. The Morgan fingerprint density at radius 3 is 2.85 bits per heavy atom. The third kappa shape index (κ3) is 2.96. The van der Waals surface area contributed by atoms with Gasteiger partial charge >= 0.3 is 5.97 Å². The molecule has 0 saturated heterocycles. The zero-order chi connectivity index (χ0) is 14.7. The summed E-state index contributed by atoms with van der Waals surface area (Å²) >= 11 is 0. The van der Waals surface area contributed by atoms with Crippen LogP contribution in [-0.4, -0.2) is 32.9 Å². The SMILES string of the molecule is Cc1cccc2nc(C(=O)NCCC(C)C(=O)O)cn12. The van der Waals surface area contributed by atoms with E-state index in [2.05, 4.69) is 10.3 Å². The Morgan fingerprint density at radius 2 is 2.20 bits per heavy atom. The Balaban J connectivity index is 2.01. The molecule has 2 aromatic rings. The summed E-state index contributed by atoms with van der Waals surface area (Å²) in [6.07, 6.45) is 2.08. The van der Waals surface area contributed by atoms with E-state index < -0.39 is 11.9 Å². The minimum Gasteiger partial charge on any atom is -0.481 e. The lowest BCUT2D eigenvalue weighted by Gasteiger charge is -2.06. The van der Waals surface area contributed by atoms with Crippen molar-refractivity contribution in [2.45, 2.75) is 20.3 Å². The molecule has 2 rings (SSSR count). The molecule has 2 heterocycles. The zero-order valence-electron chi connectivity index (χ0n) is 11.5. The normalized spacial score (nSPS) is 12.3. The summed E-state index contributed by atoms with van der Waals surface area (Å²) in [5.41, 5.74) is 2.05. The molecule has 2 N–H and O–H groups in total. The molecule has 0 aliphatic rings. The third-order valence-electron chi connectivity index (χ3n) is 3.21. The quantitative estimate of drug-likeness (QED) is 0.865. The number of hydrogen-bond acceptors (Lipinski definition) is 3. The van der Waals surface area contributed by atoms with Crippen molar-refractivity contribution in [3.63, 3.8) is 0 Å². The molecule has 0 fully saturated rings. The zero-order valence-corrected chi connectivity index (χ0v) is 11.5. The number of rotatable bonds is 5. The molecule has 0 aliphatic heterocycles. The van der Waals surface area contributed by atoms with Crippen molar-refractivity contribution in [2.75, 3.05) is 6.54 Å². The maximum Gasteiger partial charge on any atom is 0.306 e. The number of aryl methyl sites for hydroxylation is 1. The van der Waals surface area contributed by atoms with Gasteiger partial charge in [-0.1, -0.05) is 13.0 Å². The number of carbonyl (C=O) groups is 2. The highest BCUT2D eigenvalue weighted by molar-refractivity contribution is 5.92. The van der Waals surface area contributed by atoms with Gasteiger partial charge in [-0.3, -0.25) is 9.59 Å². The fourth-order valence-electron chi connectivity index (χ4n) is 1.87. The molecule has 0 bridgehead atoms. The Morgan fingerprint density at radius 1 is 1.45 bits per heavy atom. The van der Waals surface area contributed by atoms with Crippen molar-refractivity contribution in [3.05, 3.63) is 35.8 Å². The van der Waals surface area contributed by atoms with Gasteiger partial charge in [-0.2, -0.15) is 0 Å². The number of carboxylic acids is 1. The predicted molar refractivity (Wildman–Crippen MR) is 73.7 cm³/mol. The summed E-state index contributed by atoms with van der Waals surface area (Å²) in [6, 6.07) is 5.65. The van der Waals surface area contributed by atoms with Gasteiger partial charge in [0.2, 0.25) is 0 Å². The van der Waals surface area contributed by atoms with Gasteiger partial charge in [0.05, 0.1) is 5.92 Å². The molecule has 2 aromatic heterocycles. The van der Waals surface area contributed by atoms with Crippen LogP contribution >= 0.6 is 0 Å². The summed E-state index contributed by atoms with van der Waals surface area (Å²) < 4.78 is 1.84. The predicted octanol–water partition coefficient (Wildman–Crippen LogP) is 1.48. The molecule has 20 heavy (non-hydrogen) atoms. The summed E-state index contributed by atoms with van der Waals surface area (Å²) in [5, 5.41) is 11.4. The van der Waals surface area contributed by atoms with Gasteiger partial charge in [-0.15, -0.1) is 0 Å². The van der Waals surface area contributed by atoms with E-state index in [1.54, 1.807) is 13.1 Å². The van der Waals surface area contributed by atoms with E-state index in [1.807, 2.05) is 29.5 Å². The highest BCUT2D eigenvalue weighted by atomic mass is 16.4. The van der Waals surface area contributed by atoms with E-state index in [1.165, 1.54) is 0 Å². The summed E-state index contributed by atoms with van der Waals surface area (Å²) in [4.78, 5) is 26.9. The van der Waals surface area contributed by atoms with E-state index in [9.17, 15) is 9.59 Å². The van der Waals surface area contributed by atoms with Gasteiger partial charge in [0.1, 0.15) is 11.3 Å². The maximum absolute atomic E-state index is 11.9. The molecule has 0 radical (unpaired) electrons. The number of pyridine rings is 1. The number of nitrogens with one attached hydrogen (secondary N) is 1. The van der Waals surface area contributed by atoms with Gasteiger partial charge < -0.3 is 14.8 Å². The Bertz CT molecular complexity index is 648. The molecule has 0 spiro atoms. The number of aliphatic carboxylic acids is 1. The number of amides is 1. The van der Waals surface area contributed by atoms with Crippen LogP contribution in [0.1, 0.15) is 29.5 Å². The van der Waals surface area contributed by atoms with Crippen LogP contribution in [0.2, 0.25) is 0 Å². The van der Waals surface area contributed by atoms with Crippen LogP contribution in [-0.2, 0) is 4.79 Å². The molecule has 1 amide bonds. The Labute approximate surface area is 116 Å². The summed E-state index contributed by atoms with van der Waals surface area (Å²) in [7, 11) is 0. The summed E-state index contributed by atoms with van der Waals surface area (Å²) in [5.74, 6) is -1.62. The highest BCUT2D eigenvalue weighted by Crippen LogP contribution is 2.08. The van der Waals surface area contributed by atoms with Gasteiger partial charge in [0, 0.05) is 18.4 Å². The van der Waals surface area contributed by atoms with Crippen LogP contribution < -0.4 is 5.32 Å². The molecule has 0 aliphatic carbocycles. The van der Waals surface area contributed by atoms with Crippen LogP contribution in [0.5, 0.6) is 0 Å². The first kappa shape index (κ1) is 14.0. The number of imidazole rings is 1. The Kier molecular flexibility index (Phi) is 4.02. The van der Waals surface area contributed by atoms with Crippen LogP contribution in [0.4, 0.5) is 0 Å². The van der Waals surface area contributed by atoms with Crippen LogP contribution in [0, 0.1) is 12.8 Å². The topological polar surface area (TPSA) is 83.7 Å². The largest absolute Gasteiger partial charge is 0.481 e. The average molecular weight is 275 g/mol. The maximum atomic E-state index is 11.9. The number of carbonyl (C=O) groups excluding carboxylic acids is 1. The Hall–Kier alpha value is -2.37. The lowest BCUT2D eigenvalue weighted by molar-refractivity contribution is -0.141. The van der Waals surface area contributed by atoms with Crippen molar-refractivity contribution in [3.8, 4) is 0 Å². The lowest BCUT2D eigenvalue weighted by Crippen LogP contribution is -2.27. The fraction of sp³-hybridized carbons (Fsp3) is 0.357. The third-order valence-corrected chi connectivity index (χ3v) is 3.21. The first-order chi connectivity index (χ1) is 9.49. The minimum atomic E-state index is -0.859. The van der Waals surface area contributed by atoms with E-state index in [0.717, 1.165) is 5.69 Å². The molecule has 1 unspecified atom stereocenters. The highest BCUT2D eigenvalue weighted by Gasteiger charge is 2.13. The molecule has 6 nitrogen and oxygen atoms in total. The molecule has 106 valence electrons. The van der Waals surface area contributed by atoms with Gasteiger partial charge in [-0.25, -0.2) is 4.98 Å². The van der Waals surface area contributed by atoms with E-state index in [0.29, 0.717) is 24.3 Å². The number of hydrogen-bond donors (Lipinski definition) is 2. The van der Waals surface area contributed by atoms with E-state index >= 15 is 0 Å². The standard InChI is InChI=1S/C14H17N3O3/c1-9(14(19)20)6-7-15-13(18)11-8-17-10(2)4-3-5-12(17)16-11/h3-5,8-9H,6-7H2,1-2H3,(H,15,18)(H,19,20). The summed E-state index contributed by atoms with van der Waals surface area (Å²) in [6.45, 7) is 3.87. The molecule has 0 saturated carbocycles. The first-order valence-electron chi connectivity index (χ1n) is 6.45. The van der Waals surface area contributed by atoms with Gasteiger partial charge in [-0.05, 0) is 25.5 Å². The first-order valence-corrected chi connectivity index (χ1v) is 6.45. The molecule has 1 atom stereocenters. The second kappa shape index (κ2) is 5.73. The number of fused-ring (bicyclic) bond motifs is 1. The van der Waals surface area contributed by atoms with Crippen molar-refractivity contribution in [2.24, 2.45) is 5.92 Å². The number of nitrogens with zero attached hydrogens (tertiary/aromatic N) is 2. The molecule has 6 heteroatoms.